The molecule has 0 N–H and O–H groups in total. The van der Waals surface area contributed by atoms with Crippen molar-refractivity contribution in [3.8, 4) is 5.88 Å². The fourth-order valence-corrected chi connectivity index (χ4v) is 3.73. The average Bonchev–Trinajstić information content (AvgIpc) is 3.23. The molecule has 0 bridgehead atoms. The van der Waals surface area contributed by atoms with Crippen molar-refractivity contribution in [2.45, 2.75) is 38.8 Å². The monoisotopic (exact) mass is 457 g/mol. The van der Waals surface area contributed by atoms with Gasteiger partial charge in [-0.3, -0.25) is 14.8 Å². The van der Waals surface area contributed by atoms with Crippen molar-refractivity contribution in [3.63, 3.8) is 0 Å². The fourth-order valence-electron chi connectivity index (χ4n) is 3.38. The van der Waals surface area contributed by atoms with E-state index in [9.17, 15) is 10.1 Å². The minimum atomic E-state index is -2.28. The Bertz CT molecular complexity index is 1160. The molecule has 3 aromatic rings. The van der Waals surface area contributed by atoms with Crippen LogP contribution in [0.1, 0.15) is 33.7 Å². The molecule has 0 aromatic carbocycles. The van der Waals surface area contributed by atoms with Gasteiger partial charge in [-0.25, -0.2) is 9.67 Å². The summed E-state index contributed by atoms with van der Waals surface area (Å²) in [4.78, 5) is 19.0. The van der Waals surface area contributed by atoms with Gasteiger partial charge in [0.25, 0.3) is 0 Å². The van der Waals surface area contributed by atoms with Crippen LogP contribution in [0.2, 0.25) is 10.4 Å². The number of halogens is 2. The maximum atomic E-state index is 11.7. The second-order valence-electron chi connectivity index (χ2n) is 6.67. The highest BCUT2D eigenvalue weighted by molar-refractivity contribution is 6.34. The number of nitrogens with zero attached hydrogens (tertiary/aromatic N) is 7. The van der Waals surface area contributed by atoms with Crippen LogP contribution in [0.15, 0.2) is 6.20 Å². The molecule has 160 valence electrons. The summed E-state index contributed by atoms with van der Waals surface area (Å²) in [7, 11) is 0. The molecule has 0 aliphatic carbocycles. The number of hydrogen-bond acceptors (Lipinski definition) is 8. The zero-order valence-corrected chi connectivity index (χ0v) is 17.4. The normalized spacial score (nSPS) is 16.5. The Morgan fingerprint density at radius 1 is 1.40 bits per heavy atom. The topological polar surface area (TPSA) is 123 Å². The van der Waals surface area contributed by atoms with Gasteiger partial charge in [0.15, 0.2) is 10.8 Å². The first-order valence-electron chi connectivity index (χ1n) is 10.2. The van der Waals surface area contributed by atoms with Crippen LogP contribution in [0, 0.1) is 17.0 Å². The van der Waals surface area contributed by atoms with E-state index in [-0.39, 0.29) is 41.0 Å². The van der Waals surface area contributed by atoms with Gasteiger partial charge in [-0.1, -0.05) is 11.6 Å². The molecular weight excluding hydrogens is 437 g/mol. The lowest BCUT2D eigenvalue weighted by Crippen LogP contribution is -2.21. The lowest BCUT2D eigenvalue weighted by atomic mass is 10.1. The number of fused-ring (bicyclic) bond motifs is 1. The number of hydrogen-bond donors (Lipinski definition) is 0. The minimum absolute atomic E-state index is 0.000621. The van der Waals surface area contributed by atoms with E-state index in [0.717, 1.165) is 0 Å². The first kappa shape index (κ1) is 18.3. The standard InChI is InChI=1S/C17H19Cl2N7O4/c1-10-13(26(27)28)16(23-25(10)11-3-7-29-8-4-11)30-6-2-5-24-15-12(14(18)22-24)9-20-17(19)21-15/h9,11H,2-8H2,1H3/i6D2. The quantitative estimate of drug-likeness (QED) is 0.300. The molecule has 0 unspecified atom stereocenters. The largest absolute Gasteiger partial charge is 0.472 e. The molecular formula is C17H19Cl2N7O4. The molecule has 1 aliphatic heterocycles. The second kappa shape index (κ2) is 8.70. The molecule has 0 amide bonds. The Kier molecular flexibility index (Phi) is 5.30. The summed E-state index contributed by atoms with van der Waals surface area (Å²) in [6.07, 6.45) is 2.53. The average molecular weight is 458 g/mol. The van der Waals surface area contributed by atoms with Crippen molar-refractivity contribution in [2.75, 3.05) is 19.8 Å². The van der Waals surface area contributed by atoms with Gasteiger partial charge < -0.3 is 9.47 Å². The third-order valence-corrected chi connectivity index (χ3v) is 5.28. The van der Waals surface area contributed by atoms with E-state index >= 15 is 0 Å². The van der Waals surface area contributed by atoms with E-state index < -0.39 is 11.5 Å². The number of ether oxygens (including phenoxy) is 2. The van der Waals surface area contributed by atoms with Crippen LogP contribution < -0.4 is 4.74 Å². The molecule has 0 atom stereocenters. The van der Waals surface area contributed by atoms with E-state index in [0.29, 0.717) is 42.8 Å². The van der Waals surface area contributed by atoms with Crippen LogP contribution in [0.25, 0.3) is 11.0 Å². The summed E-state index contributed by atoms with van der Waals surface area (Å²) in [6.45, 7) is 0.375. The number of rotatable bonds is 7. The Balaban J connectivity index is 1.55. The summed E-state index contributed by atoms with van der Waals surface area (Å²) in [6, 6.07) is -0.0762. The second-order valence-corrected chi connectivity index (χ2v) is 7.37. The van der Waals surface area contributed by atoms with Crippen LogP contribution in [0.3, 0.4) is 0 Å². The summed E-state index contributed by atoms with van der Waals surface area (Å²) in [5.41, 5.74) is 0.299. The van der Waals surface area contributed by atoms with Crippen molar-refractivity contribution in [1.29, 1.82) is 0 Å². The van der Waals surface area contributed by atoms with Crippen molar-refractivity contribution < 1.29 is 17.1 Å². The summed E-state index contributed by atoms with van der Waals surface area (Å²) in [5, 5.41) is 20.6. The van der Waals surface area contributed by atoms with E-state index in [4.69, 9.17) is 35.4 Å². The van der Waals surface area contributed by atoms with Crippen molar-refractivity contribution in [2.24, 2.45) is 0 Å². The molecule has 0 saturated carbocycles. The summed E-state index contributed by atoms with van der Waals surface area (Å²) < 4.78 is 30.2. The Labute approximate surface area is 183 Å². The Morgan fingerprint density at radius 3 is 2.90 bits per heavy atom. The van der Waals surface area contributed by atoms with E-state index in [1.807, 2.05) is 0 Å². The molecule has 13 heteroatoms. The molecule has 0 radical (unpaired) electrons. The van der Waals surface area contributed by atoms with Crippen LogP contribution in [-0.2, 0) is 11.3 Å². The van der Waals surface area contributed by atoms with Crippen LogP contribution >= 0.6 is 23.2 Å². The smallest absolute Gasteiger partial charge is 0.352 e. The van der Waals surface area contributed by atoms with Gasteiger partial charge in [0.1, 0.15) is 5.69 Å². The van der Waals surface area contributed by atoms with Crippen LogP contribution in [0.5, 0.6) is 5.88 Å². The van der Waals surface area contributed by atoms with E-state index in [1.54, 1.807) is 6.92 Å². The molecule has 1 aliphatic rings. The van der Waals surface area contributed by atoms with Crippen molar-refractivity contribution >= 4 is 39.9 Å². The van der Waals surface area contributed by atoms with Gasteiger partial charge in [0, 0.05) is 32.4 Å². The van der Waals surface area contributed by atoms with Gasteiger partial charge in [-0.15, -0.1) is 5.10 Å². The maximum Gasteiger partial charge on any atom is 0.352 e. The van der Waals surface area contributed by atoms with Gasteiger partial charge in [0.05, 0.1) is 25.7 Å². The van der Waals surface area contributed by atoms with E-state index in [1.165, 1.54) is 15.6 Å². The fraction of sp³-hybridized carbons (Fsp3) is 0.529. The summed E-state index contributed by atoms with van der Waals surface area (Å²) in [5.74, 6) is -0.363. The molecule has 3 aromatic heterocycles. The number of aromatic nitrogens is 6. The Hall–Kier alpha value is -2.50. The SMILES string of the molecule is [2H]C([2H])(CCn1nc(Cl)c2cnc(Cl)nc21)Oc1nn(C2CCOCC2)c(C)c1[N+](=O)[O-]. The number of nitro groups is 1. The minimum Gasteiger partial charge on any atom is -0.472 e. The third-order valence-electron chi connectivity index (χ3n) is 4.82. The maximum absolute atomic E-state index is 11.7. The first-order chi connectivity index (χ1) is 15.2. The van der Waals surface area contributed by atoms with Crippen molar-refractivity contribution in [1.82, 2.24) is 29.5 Å². The van der Waals surface area contributed by atoms with Crippen molar-refractivity contribution in [3.05, 3.63) is 32.4 Å². The lowest BCUT2D eigenvalue weighted by Gasteiger charge is -2.22. The molecule has 1 fully saturated rings. The van der Waals surface area contributed by atoms with Gasteiger partial charge >= 0.3 is 11.6 Å². The molecule has 4 rings (SSSR count). The number of aryl methyl sites for hydroxylation is 1. The molecule has 4 heterocycles. The molecule has 1 saturated heterocycles. The van der Waals surface area contributed by atoms with E-state index in [2.05, 4.69) is 20.2 Å². The molecule has 0 spiro atoms. The van der Waals surface area contributed by atoms with Crippen LogP contribution in [0.4, 0.5) is 5.69 Å². The molecule has 30 heavy (non-hydrogen) atoms. The highest BCUT2D eigenvalue weighted by Crippen LogP contribution is 2.34. The Morgan fingerprint density at radius 2 is 2.17 bits per heavy atom. The lowest BCUT2D eigenvalue weighted by molar-refractivity contribution is -0.386. The van der Waals surface area contributed by atoms with Crippen LogP contribution in [-0.4, -0.2) is 54.2 Å². The third kappa shape index (κ3) is 4.05. The predicted octanol–water partition coefficient (Wildman–Crippen LogP) is 3.37. The van der Waals surface area contributed by atoms with Gasteiger partial charge in [-0.2, -0.15) is 10.1 Å². The van der Waals surface area contributed by atoms with Gasteiger partial charge in [0.2, 0.25) is 5.28 Å². The van der Waals surface area contributed by atoms with Gasteiger partial charge in [-0.05, 0) is 31.4 Å². The highest BCUT2D eigenvalue weighted by Gasteiger charge is 2.30. The summed E-state index contributed by atoms with van der Waals surface area (Å²) >= 11 is 11.9. The predicted molar refractivity (Wildman–Crippen MR) is 108 cm³/mol. The first-order valence-corrected chi connectivity index (χ1v) is 9.96. The zero-order chi connectivity index (χ0) is 23.0. The highest BCUT2D eigenvalue weighted by atomic mass is 35.5. The zero-order valence-electron chi connectivity index (χ0n) is 17.9. The molecule has 11 nitrogen and oxygen atoms in total.